The van der Waals surface area contributed by atoms with Crippen LogP contribution >= 0.6 is 22.9 Å². The molecule has 0 N–H and O–H groups in total. The van der Waals surface area contributed by atoms with Gasteiger partial charge in [-0.2, -0.15) is 0 Å². The van der Waals surface area contributed by atoms with E-state index in [1.165, 1.54) is 11.3 Å². The second-order valence-electron chi connectivity index (χ2n) is 10.7. The summed E-state index contributed by atoms with van der Waals surface area (Å²) in [6, 6.07) is 28.9. The lowest BCUT2D eigenvalue weighted by molar-refractivity contribution is -0.138. The van der Waals surface area contributed by atoms with Gasteiger partial charge in [0.15, 0.2) is 16.3 Å². The van der Waals surface area contributed by atoms with Gasteiger partial charge in [-0.15, -0.1) is 0 Å². The summed E-state index contributed by atoms with van der Waals surface area (Å²) in [4.78, 5) is 33.6. The molecule has 0 fully saturated rings. The number of nitrogens with zero attached hydrogens (tertiary/aromatic N) is 2. The number of halogens is 1. The molecule has 0 aliphatic carbocycles. The van der Waals surface area contributed by atoms with Crippen LogP contribution in [0.5, 0.6) is 17.2 Å². The lowest BCUT2D eigenvalue weighted by atomic mass is 9.93. The molecule has 1 aliphatic heterocycles. The average Bonchev–Trinajstić information content (AvgIpc) is 3.42. The van der Waals surface area contributed by atoms with Gasteiger partial charge in [0.05, 0.1) is 42.2 Å². The van der Waals surface area contributed by atoms with Crippen molar-refractivity contribution in [3.63, 3.8) is 0 Å². The zero-order chi connectivity index (χ0) is 33.6. The summed E-state index contributed by atoms with van der Waals surface area (Å²) in [5.74, 6) is 1.15. The summed E-state index contributed by atoms with van der Waals surface area (Å²) < 4.78 is 25.1. The minimum absolute atomic E-state index is 0.166. The summed E-state index contributed by atoms with van der Waals surface area (Å²) in [6.07, 6.45) is 1.77. The minimum Gasteiger partial charge on any atom is -0.494 e. The second-order valence-corrected chi connectivity index (χ2v) is 12.2. The highest BCUT2D eigenvalue weighted by Crippen LogP contribution is 2.36. The molecule has 2 heterocycles. The van der Waals surface area contributed by atoms with Crippen molar-refractivity contribution in [2.45, 2.75) is 26.5 Å². The lowest BCUT2D eigenvalue weighted by Gasteiger charge is -2.26. The smallest absolute Gasteiger partial charge is 0.338 e. The van der Waals surface area contributed by atoms with E-state index in [0.717, 1.165) is 11.1 Å². The van der Waals surface area contributed by atoms with Crippen LogP contribution < -0.4 is 29.1 Å². The van der Waals surface area contributed by atoms with E-state index < -0.39 is 12.0 Å². The maximum Gasteiger partial charge on any atom is 0.338 e. The van der Waals surface area contributed by atoms with Crippen molar-refractivity contribution in [2.24, 2.45) is 4.99 Å². The van der Waals surface area contributed by atoms with Crippen molar-refractivity contribution in [1.82, 2.24) is 4.57 Å². The first kappa shape index (κ1) is 32.8. The Labute approximate surface area is 286 Å². The zero-order valence-corrected chi connectivity index (χ0v) is 28.2. The summed E-state index contributed by atoms with van der Waals surface area (Å²) in [7, 11) is 1.57. The third-order valence-electron chi connectivity index (χ3n) is 7.69. The summed E-state index contributed by atoms with van der Waals surface area (Å²) in [6.45, 7) is 4.61. The molecule has 0 saturated carbocycles. The molecule has 0 unspecified atom stereocenters. The highest BCUT2D eigenvalue weighted by molar-refractivity contribution is 7.07. The molecular formula is C38H33ClN2O6S. The number of ether oxygens (including phenoxy) is 4. The molecule has 0 radical (unpaired) electrons. The van der Waals surface area contributed by atoms with Gasteiger partial charge >= 0.3 is 5.97 Å². The highest BCUT2D eigenvalue weighted by atomic mass is 35.5. The van der Waals surface area contributed by atoms with Crippen molar-refractivity contribution in [3.8, 4) is 17.2 Å². The average molecular weight is 681 g/mol. The van der Waals surface area contributed by atoms with Crippen LogP contribution in [-0.2, 0) is 16.1 Å². The molecule has 10 heteroatoms. The molecule has 1 aliphatic rings. The van der Waals surface area contributed by atoms with Gasteiger partial charge in [-0.1, -0.05) is 89.7 Å². The summed E-state index contributed by atoms with van der Waals surface area (Å²) in [5.41, 5.74) is 3.45. The van der Waals surface area contributed by atoms with Crippen molar-refractivity contribution in [2.75, 3.05) is 20.3 Å². The standard InChI is InChI=1S/C38H33ClN2O6S/c1-4-45-29-20-16-26(17-21-29)34-32(37(43)46-5-2)33(25-10-7-6-8-11-25)40-38-41(34)36(42)31(48-38)22-27-12-9-13-30(44-3)35(27)47-23-24-14-18-28(39)19-15-24/h6-22,34H,4-5,23H2,1-3H3/b31-22-/t34-/m0/s1. The largest absolute Gasteiger partial charge is 0.494 e. The number of benzene rings is 4. The fraction of sp³-hybridized carbons (Fsp3) is 0.184. The molecule has 244 valence electrons. The molecule has 48 heavy (non-hydrogen) atoms. The van der Waals surface area contributed by atoms with Gasteiger partial charge in [0.2, 0.25) is 0 Å². The van der Waals surface area contributed by atoms with Gasteiger partial charge in [-0.05, 0) is 61.4 Å². The van der Waals surface area contributed by atoms with E-state index >= 15 is 0 Å². The quantitative estimate of drug-likeness (QED) is 0.147. The zero-order valence-electron chi connectivity index (χ0n) is 26.6. The van der Waals surface area contributed by atoms with Crippen LogP contribution in [0.15, 0.2) is 112 Å². The Morgan fingerprint density at radius 2 is 1.67 bits per heavy atom. The van der Waals surface area contributed by atoms with Crippen LogP contribution in [0.1, 0.15) is 42.1 Å². The first-order valence-corrected chi connectivity index (χ1v) is 16.7. The highest BCUT2D eigenvalue weighted by Gasteiger charge is 2.35. The Bertz CT molecular complexity index is 2140. The predicted octanol–water partition coefficient (Wildman–Crippen LogP) is 6.58. The van der Waals surface area contributed by atoms with E-state index in [4.69, 9.17) is 35.5 Å². The van der Waals surface area contributed by atoms with E-state index in [0.29, 0.717) is 55.0 Å². The Balaban J connectivity index is 1.54. The van der Waals surface area contributed by atoms with Crippen LogP contribution in [0.3, 0.4) is 0 Å². The summed E-state index contributed by atoms with van der Waals surface area (Å²) in [5, 5.41) is 0.636. The van der Waals surface area contributed by atoms with E-state index in [1.54, 1.807) is 42.9 Å². The fourth-order valence-electron chi connectivity index (χ4n) is 5.51. The van der Waals surface area contributed by atoms with Crippen molar-refractivity contribution in [1.29, 1.82) is 0 Å². The summed E-state index contributed by atoms with van der Waals surface area (Å²) >= 11 is 7.30. The maximum atomic E-state index is 14.4. The van der Waals surface area contributed by atoms with Crippen molar-refractivity contribution >= 4 is 40.7 Å². The van der Waals surface area contributed by atoms with Gasteiger partial charge in [0, 0.05) is 16.1 Å². The molecule has 5 aromatic rings. The molecule has 0 spiro atoms. The topological polar surface area (TPSA) is 88.4 Å². The SMILES string of the molecule is CCOC(=O)C1=C(c2ccccc2)N=c2s/c(=C\c3cccc(OC)c3OCc3ccc(Cl)cc3)c(=O)n2[C@H]1c1ccc(OCC)cc1. The number of para-hydroxylation sites is 1. The number of hydrogen-bond donors (Lipinski definition) is 0. The maximum absolute atomic E-state index is 14.4. The molecule has 6 rings (SSSR count). The normalized spacial score (nSPS) is 14.2. The first-order valence-electron chi connectivity index (χ1n) is 15.5. The van der Waals surface area contributed by atoms with E-state index in [1.807, 2.05) is 85.8 Å². The van der Waals surface area contributed by atoms with Crippen LogP contribution in [0.2, 0.25) is 5.02 Å². The monoisotopic (exact) mass is 680 g/mol. The second kappa shape index (κ2) is 14.8. The number of esters is 1. The molecule has 0 saturated heterocycles. The number of fused-ring (bicyclic) bond motifs is 1. The molecule has 8 nitrogen and oxygen atoms in total. The van der Waals surface area contributed by atoms with Crippen LogP contribution in [-0.4, -0.2) is 30.9 Å². The first-order chi connectivity index (χ1) is 23.4. The number of rotatable bonds is 11. The van der Waals surface area contributed by atoms with Gasteiger partial charge in [0.1, 0.15) is 12.4 Å². The van der Waals surface area contributed by atoms with E-state index in [2.05, 4.69) is 0 Å². The van der Waals surface area contributed by atoms with Gasteiger partial charge in [-0.3, -0.25) is 9.36 Å². The van der Waals surface area contributed by atoms with Gasteiger partial charge in [0.25, 0.3) is 5.56 Å². The predicted molar refractivity (Wildman–Crippen MR) is 187 cm³/mol. The van der Waals surface area contributed by atoms with E-state index in [-0.39, 0.29) is 24.3 Å². The number of carbonyl (C=O) groups is 1. The minimum atomic E-state index is -0.806. The molecular weight excluding hydrogens is 648 g/mol. The molecule has 1 atom stereocenters. The van der Waals surface area contributed by atoms with Crippen molar-refractivity contribution < 1.29 is 23.7 Å². The molecule has 4 aromatic carbocycles. The Kier molecular flexibility index (Phi) is 10.1. The number of aromatic nitrogens is 1. The molecule has 0 amide bonds. The van der Waals surface area contributed by atoms with Gasteiger partial charge in [-0.25, -0.2) is 9.79 Å². The number of methoxy groups -OCH3 is 1. The molecule has 1 aromatic heterocycles. The third-order valence-corrected chi connectivity index (χ3v) is 8.93. The Morgan fingerprint density at radius 3 is 2.35 bits per heavy atom. The van der Waals surface area contributed by atoms with Crippen LogP contribution in [0, 0.1) is 0 Å². The number of thiazole rings is 1. The van der Waals surface area contributed by atoms with Crippen molar-refractivity contribution in [3.05, 3.63) is 150 Å². The fourth-order valence-corrected chi connectivity index (χ4v) is 6.63. The Morgan fingerprint density at radius 1 is 0.917 bits per heavy atom. The number of hydrogen-bond acceptors (Lipinski definition) is 8. The number of carbonyl (C=O) groups excluding carboxylic acids is 1. The van der Waals surface area contributed by atoms with E-state index in [9.17, 15) is 9.59 Å². The van der Waals surface area contributed by atoms with Crippen LogP contribution in [0.25, 0.3) is 11.8 Å². The van der Waals surface area contributed by atoms with Crippen LogP contribution in [0.4, 0.5) is 0 Å². The Hall–Kier alpha value is -5.12. The third kappa shape index (κ3) is 6.79. The molecule has 0 bridgehead atoms. The lowest BCUT2D eigenvalue weighted by Crippen LogP contribution is -2.40. The van der Waals surface area contributed by atoms with Gasteiger partial charge < -0.3 is 18.9 Å².